The summed E-state index contributed by atoms with van der Waals surface area (Å²) in [5.74, 6) is 0.996. The highest BCUT2D eigenvalue weighted by Gasteiger charge is 2.15. The maximum absolute atomic E-state index is 5.42. The second kappa shape index (κ2) is 7.16. The molecule has 1 N–H and O–H groups in total. The molecule has 25 heavy (non-hydrogen) atoms. The Morgan fingerprint density at radius 2 is 2.08 bits per heavy atom. The minimum atomic E-state index is 0.755. The number of nitrogens with zero attached hydrogens (tertiary/aromatic N) is 4. The number of hydrogen-bond acceptors (Lipinski definition) is 7. The molecule has 7 heteroatoms. The molecule has 0 atom stereocenters. The highest BCUT2D eigenvalue weighted by molar-refractivity contribution is 7.19. The van der Waals surface area contributed by atoms with E-state index in [1.54, 1.807) is 23.7 Å². The second-order valence-corrected chi connectivity index (χ2v) is 6.80. The van der Waals surface area contributed by atoms with Crippen LogP contribution in [0.5, 0.6) is 0 Å². The average Bonchev–Trinajstić information content (AvgIpc) is 3.03. The maximum atomic E-state index is 5.42. The lowest BCUT2D eigenvalue weighted by Gasteiger charge is -2.27. The van der Waals surface area contributed by atoms with Crippen molar-refractivity contribution < 1.29 is 4.74 Å². The van der Waals surface area contributed by atoms with Gasteiger partial charge < -0.3 is 15.0 Å². The van der Waals surface area contributed by atoms with Gasteiger partial charge in [-0.3, -0.25) is 4.98 Å². The van der Waals surface area contributed by atoms with E-state index in [1.165, 1.54) is 0 Å². The molecule has 0 spiro atoms. The Balaban J connectivity index is 1.59. The van der Waals surface area contributed by atoms with E-state index in [0.717, 1.165) is 59.1 Å². The van der Waals surface area contributed by atoms with Gasteiger partial charge >= 0.3 is 0 Å². The van der Waals surface area contributed by atoms with E-state index >= 15 is 0 Å². The number of morpholine rings is 1. The number of aryl methyl sites for hydroxylation is 1. The first-order chi connectivity index (χ1) is 12.3. The summed E-state index contributed by atoms with van der Waals surface area (Å²) in [6.45, 7) is 5.31. The van der Waals surface area contributed by atoms with Crippen LogP contribution in [0, 0.1) is 6.92 Å². The van der Waals surface area contributed by atoms with E-state index in [0.29, 0.717) is 0 Å². The molecule has 4 heterocycles. The van der Waals surface area contributed by atoms with Crippen LogP contribution in [0.3, 0.4) is 0 Å². The molecule has 1 fully saturated rings. The topological polar surface area (TPSA) is 63.2 Å². The number of ether oxygens (including phenoxy) is 1. The molecule has 0 amide bonds. The van der Waals surface area contributed by atoms with Crippen molar-refractivity contribution in [1.82, 2.24) is 15.0 Å². The third kappa shape index (κ3) is 3.62. The second-order valence-electron chi connectivity index (χ2n) is 5.80. The molecule has 1 aliphatic rings. The first kappa shape index (κ1) is 16.0. The molecule has 4 rings (SSSR count). The zero-order chi connectivity index (χ0) is 17.1. The van der Waals surface area contributed by atoms with E-state index in [2.05, 4.69) is 31.2 Å². The van der Waals surface area contributed by atoms with Crippen molar-refractivity contribution in [3.8, 4) is 10.4 Å². The third-order valence-corrected chi connectivity index (χ3v) is 5.17. The average molecular weight is 353 g/mol. The lowest BCUT2D eigenvalue weighted by atomic mass is 10.2. The molecule has 0 radical (unpaired) electrons. The minimum absolute atomic E-state index is 0.755. The van der Waals surface area contributed by atoms with E-state index in [4.69, 9.17) is 4.74 Å². The van der Waals surface area contributed by atoms with Gasteiger partial charge in [0.1, 0.15) is 5.82 Å². The number of aromatic nitrogens is 3. The molecule has 1 saturated heterocycles. The normalized spacial score (nSPS) is 14.5. The Morgan fingerprint density at radius 3 is 2.88 bits per heavy atom. The molecule has 3 aromatic rings. The fraction of sp³-hybridized carbons (Fsp3) is 0.278. The summed E-state index contributed by atoms with van der Waals surface area (Å²) in [6, 6.07) is 8.06. The standard InChI is InChI=1S/C18H19N5OS/c1-13-17(25-18(21-13)22-15-3-2-5-19-12-15)14-4-6-20-16(11-14)23-7-9-24-10-8-23/h2-6,11-12H,7-10H2,1H3,(H,21,22). The van der Waals surface area contributed by atoms with Crippen LogP contribution in [0.4, 0.5) is 16.6 Å². The largest absolute Gasteiger partial charge is 0.378 e. The molecule has 0 aromatic carbocycles. The van der Waals surface area contributed by atoms with Gasteiger partial charge in [0.05, 0.1) is 35.7 Å². The first-order valence-electron chi connectivity index (χ1n) is 8.23. The lowest BCUT2D eigenvalue weighted by Crippen LogP contribution is -2.36. The van der Waals surface area contributed by atoms with Gasteiger partial charge in [-0.15, -0.1) is 0 Å². The molecule has 0 bridgehead atoms. The van der Waals surface area contributed by atoms with Gasteiger partial charge in [-0.2, -0.15) is 0 Å². The summed E-state index contributed by atoms with van der Waals surface area (Å²) in [7, 11) is 0. The lowest BCUT2D eigenvalue weighted by molar-refractivity contribution is 0.122. The van der Waals surface area contributed by atoms with Crippen LogP contribution in [0.15, 0.2) is 42.9 Å². The van der Waals surface area contributed by atoms with Gasteiger partial charge in [-0.1, -0.05) is 11.3 Å². The number of nitrogens with one attached hydrogen (secondary N) is 1. The van der Waals surface area contributed by atoms with Crippen molar-refractivity contribution >= 4 is 28.0 Å². The predicted octanol–water partition coefficient (Wildman–Crippen LogP) is 3.49. The molecule has 3 aromatic heterocycles. The summed E-state index contributed by atoms with van der Waals surface area (Å²) < 4.78 is 5.42. The zero-order valence-electron chi connectivity index (χ0n) is 14.0. The molecule has 128 valence electrons. The number of hydrogen-bond donors (Lipinski definition) is 1. The Hall–Kier alpha value is -2.51. The van der Waals surface area contributed by atoms with Crippen molar-refractivity contribution in [2.24, 2.45) is 0 Å². The number of rotatable bonds is 4. The van der Waals surface area contributed by atoms with Gasteiger partial charge in [0.25, 0.3) is 0 Å². The fourth-order valence-electron chi connectivity index (χ4n) is 2.80. The van der Waals surface area contributed by atoms with E-state index in [1.807, 2.05) is 31.3 Å². The highest BCUT2D eigenvalue weighted by Crippen LogP contribution is 2.35. The minimum Gasteiger partial charge on any atom is -0.378 e. The molecule has 0 unspecified atom stereocenters. The predicted molar refractivity (Wildman–Crippen MR) is 101 cm³/mol. The van der Waals surface area contributed by atoms with Gasteiger partial charge in [0.2, 0.25) is 0 Å². The number of thiazole rings is 1. The van der Waals surface area contributed by atoms with Crippen LogP contribution in [0.2, 0.25) is 0 Å². The Morgan fingerprint density at radius 1 is 1.20 bits per heavy atom. The first-order valence-corrected chi connectivity index (χ1v) is 9.05. The summed E-state index contributed by atoms with van der Waals surface area (Å²) in [6.07, 6.45) is 5.42. The van der Waals surface area contributed by atoms with Gasteiger partial charge in [0, 0.05) is 25.5 Å². The maximum Gasteiger partial charge on any atom is 0.188 e. The van der Waals surface area contributed by atoms with Crippen molar-refractivity contribution in [3.05, 3.63) is 48.5 Å². The molecule has 0 saturated carbocycles. The van der Waals surface area contributed by atoms with Gasteiger partial charge in [0.15, 0.2) is 5.13 Å². The molecular formula is C18H19N5OS. The quantitative estimate of drug-likeness (QED) is 0.775. The summed E-state index contributed by atoms with van der Waals surface area (Å²) in [5.41, 5.74) is 3.09. The van der Waals surface area contributed by atoms with Crippen LogP contribution < -0.4 is 10.2 Å². The van der Waals surface area contributed by atoms with E-state index in [-0.39, 0.29) is 0 Å². The van der Waals surface area contributed by atoms with Crippen molar-refractivity contribution in [2.75, 3.05) is 36.5 Å². The van der Waals surface area contributed by atoms with Crippen LogP contribution in [0.25, 0.3) is 10.4 Å². The van der Waals surface area contributed by atoms with Gasteiger partial charge in [-0.05, 0) is 36.8 Å². The van der Waals surface area contributed by atoms with Crippen molar-refractivity contribution in [2.45, 2.75) is 6.92 Å². The molecule has 0 aliphatic carbocycles. The van der Waals surface area contributed by atoms with Crippen molar-refractivity contribution in [1.29, 1.82) is 0 Å². The fourth-order valence-corrected chi connectivity index (χ4v) is 3.79. The van der Waals surface area contributed by atoms with Gasteiger partial charge in [-0.25, -0.2) is 9.97 Å². The Bertz CT molecular complexity index is 846. The van der Waals surface area contributed by atoms with Crippen molar-refractivity contribution in [3.63, 3.8) is 0 Å². The Kier molecular flexibility index (Phi) is 4.58. The van der Waals surface area contributed by atoms with E-state index < -0.39 is 0 Å². The van der Waals surface area contributed by atoms with Crippen LogP contribution in [-0.4, -0.2) is 41.3 Å². The van der Waals surface area contributed by atoms with Crippen LogP contribution in [0.1, 0.15) is 5.69 Å². The monoisotopic (exact) mass is 353 g/mol. The number of anilines is 3. The number of pyridine rings is 2. The molecular weight excluding hydrogens is 334 g/mol. The van der Waals surface area contributed by atoms with E-state index in [9.17, 15) is 0 Å². The SMILES string of the molecule is Cc1nc(Nc2cccnc2)sc1-c1ccnc(N2CCOCC2)c1. The zero-order valence-corrected chi connectivity index (χ0v) is 14.8. The van der Waals surface area contributed by atoms with Crippen LogP contribution >= 0.6 is 11.3 Å². The summed E-state index contributed by atoms with van der Waals surface area (Å²) in [5, 5.41) is 4.18. The highest BCUT2D eigenvalue weighted by atomic mass is 32.1. The smallest absolute Gasteiger partial charge is 0.188 e. The summed E-state index contributed by atoms with van der Waals surface area (Å²) in [4.78, 5) is 16.7. The van der Waals surface area contributed by atoms with Crippen LogP contribution in [-0.2, 0) is 4.74 Å². The Labute approximate surface area is 150 Å². The third-order valence-electron chi connectivity index (χ3n) is 4.05. The summed E-state index contributed by atoms with van der Waals surface area (Å²) >= 11 is 1.64. The molecule has 1 aliphatic heterocycles. The molecule has 6 nitrogen and oxygen atoms in total.